The number of nitrogens with one attached hydrogen (secondary N) is 1. The van der Waals surface area contributed by atoms with E-state index in [9.17, 15) is 18.4 Å². The van der Waals surface area contributed by atoms with Gasteiger partial charge in [-0.3, -0.25) is 9.59 Å². The summed E-state index contributed by atoms with van der Waals surface area (Å²) in [5.74, 6) is 0.593. The molecule has 1 unspecified atom stereocenters. The van der Waals surface area contributed by atoms with Crippen LogP contribution in [0.25, 0.3) is 11.0 Å². The predicted molar refractivity (Wildman–Crippen MR) is 140 cm³/mol. The van der Waals surface area contributed by atoms with Crippen molar-refractivity contribution in [2.24, 2.45) is 11.7 Å². The van der Waals surface area contributed by atoms with Gasteiger partial charge in [0, 0.05) is 45.7 Å². The first-order chi connectivity index (χ1) is 19.1. The number of likely N-dealkylation sites (tertiary alicyclic amines) is 1. The summed E-state index contributed by atoms with van der Waals surface area (Å²) in [4.78, 5) is 30.7. The first-order valence-electron chi connectivity index (χ1n) is 12.6. The third kappa shape index (κ3) is 4.90. The van der Waals surface area contributed by atoms with Gasteiger partial charge in [-0.2, -0.15) is 5.10 Å². The van der Waals surface area contributed by atoms with Crippen LogP contribution in [-0.4, -0.2) is 75.3 Å². The van der Waals surface area contributed by atoms with E-state index in [2.05, 4.69) is 33.8 Å². The maximum absolute atomic E-state index is 15.0. The molecule has 3 heterocycles. The number of hydrogen-bond donors (Lipinski definition) is 2. The number of fused-ring (bicyclic) bond motifs is 1. The number of carbonyl (C=O) groups is 2. The molecular formula is C27H28F3N7O3. The Kier molecular flexibility index (Phi) is 7.05. The fourth-order valence-corrected chi connectivity index (χ4v) is 5.22. The van der Waals surface area contributed by atoms with Crippen LogP contribution in [-0.2, 0) is 16.1 Å². The highest BCUT2D eigenvalue weighted by Gasteiger charge is 2.56. The smallest absolute Gasteiger partial charge is 0.255 e. The van der Waals surface area contributed by atoms with Gasteiger partial charge in [-0.1, -0.05) is 12.5 Å². The van der Waals surface area contributed by atoms with Gasteiger partial charge in [0.15, 0.2) is 5.69 Å². The average molecular weight is 556 g/mol. The van der Waals surface area contributed by atoms with Crippen LogP contribution in [0.4, 0.5) is 19.0 Å². The number of benzene rings is 1. The number of primary amides is 1. The lowest BCUT2D eigenvalue weighted by molar-refractivity contribution is -0.127. The molecule has 1 saturated heterocycles. The fourth-order valence-electron chi connectivity index (χ4n) is 5.22. The molecule has 40 heavy (non-hydrogen) atoms. The van der Waals surface area contributed by atoms with Crippen LogP contribution in [0.1, 0.15) is 40.5 Å². The molecule has 3 N–H and O–H groups in total. The number of nitrogens with zero attached hydrogens (tertiary/aromatic N) is 5. The molecule has 0 spiro atoms. The first-order valence-corrected chi connectivity index (χ1v) is 12.6. The minimum atomic E-state index is -2.70. The van der Waals surface area contributed by atoms with Gasteiger partial charge in [0.25, 0.3) is 11.8 Å². The van der Waals surface area contributed by atoms with Gasteiger partial charge in [0.1, 0.15) is 17.2 Å². The third-order valence-electron chi connectivity index (χ3n) is 7.35. The summed E-state index contributed by atoms with van der Waals surface area (Å²) in [6.45, 7) is 4.21. The summed E-state index contributed by atoms with van der Waals surface area (Å²) in [5.41, 5.74) is 6.52. The predicted octanol–water partition coefficient (Wildman–Crippen LogP) is 2.54. The van der Waals surface area contributed by atoms with Gasteiger partial charge < -0.3 is 25.3 Å². The molecule has 1 aromatic carbocycles. The minimum absolute atomic E-state index is 0.00532. The van der Waals surface area contributed by atoms with Crippen LogP contribution in [0.3, 0.4) is 0 Å². The van der Waals surface area contributed by atoms with Crippen molar-refractivity contribution in [3.05, 3.63) is 53.8 Å². The number of ether oxygens (including phenoxy) is 1. The minimum Gasteiger partial charge on any atom is -0.383 e. The van der Waals surface area contributed by atoms with Crippen molar-refractivity contribution in [2.45, 2.75) is 37.4 Å². The van der Waals surface area contributed by atoms with E-state index in [1.165, 1.54) is 29.1 Å². The molecule has 2 fully saturated rings. The number of rotatable bonds is 8. The second-order valence-corrected chi connectivity index (χ2v) is 9.95. The molecule has 3 atom stereocenters. The lowest BCUT2D eigenvalue weighted by Gasteiger charge is -2.22. The number of hydrogen-bond acceptors (Lipinski definition) is 6. The van der Waals surface area contributed by atoms with Crippen LogP contribution in [0, 0.1) is 23.6 Å². The molecule has 210 valence electrons. The second-order valence-electron chi connectivity index (χ2n) is 9.95. The molecule has 10 nitrogen and oxygen atoms in total. The largest absolute Gasteiger partial charge is 0.383 e. The standard InChI is InChI=1S/C27H28F3N7O3/c1-4-23(38)36-12-17(8-18(36)13-40-3)37-26(32-2)24(25(31)39)20(34-37)6-5-15-7-21-22(9-19(15)28)35(14-33-21)11-16-10-27(16,29)30/h4,7,9,14,16-18,32H,1,8,10-13H2,2-3H3,(H2,31,39)/t16?,17-,18+/m0/s1. The van der Waals surface area contributed by atoms with Crippen LogP contribution in [0.15, 0.2) is 31.1 Å². The lowest BCUT2D eigenvalue weighted by atomic mass is 10.1. The van der Waals surface area contributed by atoms with Crippen LogP contribution < -0.4 is 11.1 Å². The molecule has 5 rings (SSSR count). The zero-order valence-corrected chi connectivity index (χ0v) is 22.0. The number of nitrogens with two attached hydrogens (primary N) is 1. The van der Waals surface area contributed by atoms with Gasteiger partial charge in [-0.25, -0.2) is 22.8 Å². The summed E-state index contributed by atoms with van der Waals surface area (Å²) in [6.07, 6.45) is 2.93. The first kappa shape index (κ1) is 27.3. The van der Waals surface area contributed by atoms with Crippen LogP contribution in [0.5, 0.6) is 0 Å². The van der Waals surface area contributed by atoms with Crippen molar-refractivity contribution in [3.8, 4) is 11.8 Å². The molecule has 2 aliphatic rings. The van der Waals surface area contributed by atoms with Gasteiger partial charge in [-0.15, -0.1) is 0 Å². The molecule has 13 heteroatoms. The Balaban J connectivity index is 1.48. The highest BCUT2D eigenvalue weighted by molar-refractivity contribution is 6.00. The van der Waals surface area contributed by atoms with Gasteiger partial charge in [-0.05, 0) is 24.5 Å². The highest BCUT2D eigenvalue weighted by Crippen LogP contribution is 2.49. The van der Waals surface area contributed by atoms with Crippen molar-refractivity contribution in [2.75, 3.05) is 32.6 Å². The van der Waals surface area contributed by atoms with Crippen molar-refractivity contribution in [3.63, 3.8) is 0 Å². The van der Waals surface area contributed by atoms with E-state index in [1.54, 1.807) is 23.7 Å². The van der Waals surface area contributed by atoms with Crippen molar-refractivity contribution < 1.29 is 27.5 Å². The van der Waals surface area contributed by atoms with E-state index in [0.29, 0.717) is 36.4 Å². The average Bonchev–Trinajstić information content (AvgIpc) is 3.30. The molecule has 2 amide bonds. The number of carbonyl (C=O) groups excluding carboxylic acids is 2. The van der Waals surface area contributed by atoms with E-state index in [1.807, 2.05) is 0 Å². The number of alkyl halides is 2. The van der Waals surface area contributed by atoms with Crippen molar-refractivity contribution in [1.29, 1.82) is 0 Å². The molecule has 2 aromatic heterocycles. The monoisotopic (exact) mass is 555 g/mol. The number of imidazole rings is 1. The molecule has 0 radical (unpaired) electrons. The topological polar surface area (TPSA) is 120 Å². The molecular weight excluding hydrogens is 527 g/mol. The normalized spacial score (nSPS) is 21.2. The number of methoxy groups -OCH3 is 1. The Morgan fingerprint density at radius 3 is 2.73 bits per heavy atom. The van der Waals surface area contributed by atoms with E-state index >= 15 is 4.39 Å². The van der Waals surface area contributed by atoms with E-state index < -0.39 is 23.6 Å². The Labute approximate surface area is 228 Å². The maximum Gasteiger partial charge on any atom is 0.255 e. The molecule has 0 bridgehead atoms. The number of anilines is 1. The van der Waals surface area contributed by atoms with Crippen molar-refractivity contribution in [1.82, 2.24) is 24.2 Å². The molecule has 1 saturated carbocycles. The summed E-state index contributed by atoms with van der Waals surface area (Å²) in [7, 11) is 3.15. The molecule has 3 aromatic rings. The van der Waals surface area contributed by atoms with Gasteiger partial charge in [0.2, 0.25) is 5.91 Å². The lowest BCUT2D eigenvalue weighted by Crippen LogP contribution is -2.37. The quantitative estimate of drug-likeness (QED) is 0.326. The SMILES string of the molecule is C=CC(=O)N1C[C@@H](n2nc(C#Cc3cc4ncn(CC5CC5(F)F)c4cc3F)c(C(N)=O)c2NC)C[C@@H]1COC. The van der Waals surface area contributed by atoms with Crippen LogP contribution in [0.2, 0.25) is 0 Å². The Hall–Kier alpha value is -4.31. The third-order valence-corrected chi connectivity index (χ3v) is 7.35. The van der Waals surface area contributed by atoms with Gasteiger partial charge in [0.05, 0.1) is 41.6 Å². The second kappa shape index (κ2) is 10.3. The summed E-state index contributed by atoms with van der Waals surface area (Å²) < 4.78 is 50.1. The number of halogens is 3. The van der Waals surface area contributed by atoms with E-state index in [4.69, 9.17) is 10.5 Å². The molecule has 1 aliphatic carbocycles. The molecule has 1 aliphatic heterocycles. The summed E-state index contributed by atoms with van der Waals surface area (Å²) >= 11 is 0. The summed E-state index contributed by atoms with van der Waals surface area (Å²) in [5, 5.41) is 7.47. The Morgan fingerprint density at radius 2 is 2.10 bits per heavy atom. The maximum atomic E-state index is 15.0. The number of amides is 2. The summed E-state index contributed by atoms with van der Waals surface area (Å²) in [6, 6.07) is 2.08. The van der Waals surface area contributed by atoms with Crippen molar-refractivity contribution >= 4 is 28.7 Å². The highest BCUT2D eigenvalue weighted by atomic mass is 19.3. The number of aromatic nitrogens is 4. The zero-order chi connectivity index (χ0) is 28.8. The Bertz CT molecular complexity index is 1570. The Morgan fingerprint density at radius 1 is 1.35 bits per heavy atom. The van der Waals surface area contributed by atoms with E-state index in [-0.39, 0.29) is 47.8 Å². The van der Waals surface area contributed by atoms with Gasteiger partial charge >= 0.3 is 0 Å². The van der Waals surface area contributed by atoms with E-state index in [0.717, 1.165) is 0 Å². The van der Waals surface area contributed by atoms with Crippen LogP contribution >= 0.6 is 0 Å². The zero-order valence-electron chi connectivity index (χ0n) is 22.0. The fraction of sp³-hybridized carbons (Fsp3) is 0.407.